The average Bonchev–Trinajstić information content (AvgIpc) is 1.65. The highest BCUT2D eigenvalue weighted by Crippen LogP contribution is 2.11. The lowest BCUT2D eigenvalue weighted by Gasteiger charge is -2.09. The van der Waals surface area contributed by atoms with E-state index in [0.29, 0.717) is 9.87 Å². The Morgan fingerprint density at radius 3 is 2.38 bits per heavy atom. The first-order valence-corrected chi connectivity index (χ1v) is 3.98. The van der Waals surface area contributed by atoms with Crippen LogP contribution in [-0.2, 0) is 0 Å². The topological polar surface area (TPSA) is 12.0 Å². The predicted molar refractivity (Wildman–Crippen MR) is 46.7 cm³/mol. The van der Waals surface area contributed by atoms with Crippen LogP contribution in [0.1, 0.15) is 13.3 Å². The Bertz CT molecular complexity index is 58.4. The van der Waals surface area contributed by atoms with Crippen LogP contribution in [-0.4, -0.2) is 18.9 Å². The molecule has 1 nitrogen and oxygen atoms in total. The van der Waals surface area contributed by atoms with Gasteiger partial charge in [0.1, 0.15) is 0 Å². The first-order chi connectivity index (χ1) is 3.66. The minimum Gasteiger partial charge on any atom is -0.309 e. The van der Waals surface area contributed by atoms with Gasteiger partial charge in [-0.25, -0.2) is 0 Å². The van der Waals surface area contributed by atoms with Crippen LogP contribution >= 0.6 is 22.6 Å². The van der Waals surface area contributed by atoms with Crippen molar-refractivity contribution in [2.45, 2.75) is 23.2 Å². The zero-order chi connectivity index (χ0) is 6.57. The van der Waals surface area contributed by atoms with Crippen molar-refractivity contribution < 1.29 is 0 Å². The second kappa shape index (κ2) is 4.62. The van der Waals surface area contributed by atoms with Gasteiger partial charge in [-0.1, -0.05) is 35.3 Å². The van der Waals surface area contributed by atoms with Crippen LogP contribution in [0, 0.1) is 0 Å². The molecule has 0 aliphatic rings. The molecule has 0 bridgehead atoms. The Kier molecular flexibility index (Phi) is 5.05. The Hall–Kier alpha value is 0.755. The van der Waals surface area contributed by atoms with Crippen molar-refractivity contribution in [2.24, 2.45) is 0 Å². The molecular formula is C5H11BIN. The molecule has 2 radical (unpaired) electrons. The molecule has 3 heteroatoms. The van der Waals surface area contributed by atoms with Gasteiger partial charge in [-0.15, -0.1) is 0 Å². The van der Waals surface area contributed by atoms with Crippen LogP contribution in [0.2, 0.25) is 5.82 Å². The highest BCUT2D eigenvalue weighted by molar-refractivity contribution is 14.1. The van der Waals surface area contributed by atoms with Gasteiger partial charge >= 0.3 is 0 Å². The van der Waals surface area contributed by atoms with E-state index in [9.17, 15) is 0 Å². The Labute approximate surface area is 66.2 Å². The van der Waals surface area contributed by atoms with Crippen LogP contribution in [0.25, 0.3) is 0 Å². The summed E-state index contributed by atoms with van der Waals surface area (Å²) in [5, 5.41) is 3.10. The number of hydrogen-bond donors (Lipinski definition) is 1. The number of rotatable bonds is 3. The standard InChI is InChI=1S/C5H11BIN/c1-4(6)3-5(7)8-2/h4-5,8H,3H2,1-2H3. The van der Waals surface area contributed by atoms with Crippen LogP contribution in [0.4, 0.5) is 0 Å². The van der Waals surface area contributed by atoms with E-state index in [2.05, 4.69) is 27.9 Å². The molecular weight excluding hydrogens is 212 g/mol. The third kappa shape index (κ3) is 4.90. The summed E-state index contributed by atoms with van der Waals surface area (Å²) in [6, 6.07) is 0. The Morgan fingerprint density at radius 2 is 2.25 bits per heavy atom. The molecule has 1 N–H and O–H groups in total. The van der Waals surface area contributed by atoms with E-state index in [0.717, 1.165) is 6.42 Å². The average molecular weight is 223 g/mol. The third-order valence-corrected chi connectivity index (χ3v) is 2.02. The highest BCUT2D eigenvalue weighted by atomic mass is 127. The maximum Gasteiger partial charge on any atom is 0.0696 e. The lowest BCUT2D eigenvalue weighted by atomic mass is 9.87. The molecule has 0 aromatic rings. The molecule has 0 rings (SSSR count). The van der Waals surface area contributed by atoms with Gasteiger partial charge in [0.15, 0.2) is 0 Å². The van der Waals surface area contributed by atoms with E-state index in [1.807, 2.05) is 14.0 Å². The molecule has 0 saturated carbocycles. The maximum atomic E-state index is 5.52. The van der Waals surface area contributed by atoms with E-state index in [1.165, 1.54) is 0 Å². The fourth-order valence-corrected chi connectivity index (χ4v) is 1.25. The molecule has 0 amide bonds. The van der Waals surface area contributed by atoms with Crippen LogP contribution < -0.4 is 5.32 Å². The lowest BCUT2D eigenvalue weighted by molar-refractivity contribution is 0.686. The van der Waals surface area contributed by atoms with Crippen molar-refractivity contribution in [3.05, 3.63) is 0 Å². The molecule has 2 unspecified atom stereocenters. The number of hydrogen-bond acceptors (Lipinski definition) is 1. The van der Waals surface area contributed by atoms with E-state index in [-0.39, 0.29) is 0 Å². The van der Waals surface area contributed by atoms with Crippen LogP contribution in [0.3, 0.4) is 0 Å². The van der Waals surface area contributed by atoms with Crippen molar-refractivity contribution in [3.63, 3.8) is 0 Å². The summed E-state index contributed by atoms with van der Waals surface area (Å²) in [6.07, 6.45) is 1.04. The number of nitrogens with one attached hydrogen (secondary N) is 1. The smallest absolute Gasteiger partial charge is 0.0696 e. The minimum atomic E-state index is 0.310. The zero-order valence-corrected chi connectivity index (χ0v) is 7.47. The van der Waals surface area contributed by atoms with Gasteiger partial charge in [-0.2, -0.15) is 0 Å². The maximum absolute atomic E-state index is 5.52. The molecule has 0 fully saturated rings. The van der Waals surface area contributed by atoms with Crippen LogP contribution in [0.5, 0.6) is 0 Å². The van der Waals surface area contributed by atoms with Gasteiger partial charge in [0.05, 0.1) is 11.9 Å². The van der Waals surface area contributed by atoms with Crippen molar-refractivity contribution in [2.75, 3.05) is 7.05 Å². The highest BCUT2D eigenvalue weighted by Gasteiger charge is 2.00. The van der Waals surface area contributed by atoms with Gasteiger partial charge in [0, 0.05) is 0 Å². The molecule has 0 heterocycles. The fraction of sp³-hybridized carbons (Fsp3) is 1.00. The number of halogens is 1. The summed E-state index contributed by atoms with van der Waals surface area (Å²) in [5.41, 5.74) is 0. The Balaban J connectivity index is 3.10. The summed E-state index contributed by atoms with van der Waals surface area (Å²) in [6.45, 7) is 2.02. The quantitative estimate of drug-likeness (QED) is 0.329. The monoisotopic (exact) mass is 223 g/mol. The largest absolute Gasteiger partial charge is 0.309 e. The van der Waals surface area contributed by atoms with Crippen molar-refractivity contribution in [1.29, 1.82) is 0 Å². The van der Waals surface area contributed by atoms with Gasteiger partial charge in [-0.3, -0.25) is 0 Å². The van der Waals surface area contributed by atoms with Crippen LogP contribution in [0.15, 0.2) is 0 Å². The normalized spacial score (nSPS) is 17.9. The van der Waals surface area contributed by atoms with Crippen molar-refractivity contribution >= 4 is 30.4 Å². The summed E-state index contributed by atoms with van der Waals surface area (Å²) < 4.78 is 0.521. The first kappa shape index (κ1) is 8.75. The van der Waals surface area contributed by atoms with Gasteiger partial charge in [-0.05, 0) is 13.5 Å². The van der Waals surface area contributed by atoms with E-state index in [1.54, 1.807) is 0 Å². The molecule has 0 spiro atoms. The van der Waals surface area contributed by atoms with Gasteiger partial charge < -0.3 is 5.32 Å². The first-order valence-electron chi connectivity index (χ1n) is 2.73. The van der Waals surface area contributed by atoms with Gasteiger partial charge in [0.25, 0.3) is 0 Å². The van der Waals surface area contributed by atoms with E-state index < -0.39 is 0 Å². The summed E-state index contributed by atoms with van der Waals surface area (Å²) in [5.74, 6) is 0.310. The molecule has 46 valence electrons. The molecule has 0 saturated heterocycles. The van der Waals surface area contributed by atoms with E-state index in [4.69, 9.17) is 7.85 Å². The summed E-state index contributed by atoms with van der Waals surface area (Å²) in [4.78, 5) is 0. The van der Waals surface area contributed by atoms with Gasteiger partial charge in [0.2, 0.25) is 0 Å². The molecule has 0 aromatic carbocycles. The minimum absolute atomic E-state index is 0.310. The van der Waals surface area contributed by atoms with Crippen molar-refractivity contribution in [1.82, 2.24) is 5.32 Å². The zero-order valence-electron chi connectivity index (χ0n) is 5.32. The lowest BCUT2D eigenvalue weighted by Crippen LogP contribution is -2.18. The Morgan fingerprint density at radius 1 is 1.75 bits per heavy atom. The molecule has 0 aromatic heterocycles. The third-order valence-electron chi connectivity index (χ3n) is 0.892. The van der Waals surface area contributed by atoms with Crippen molar-refractivity contribution in [3.8, 4) is 0 Å². The second-order valence-corrected chi connectivity index (χ2v) is 3.47. The van der Waals surface area contributed by atoms with E-state index >= 15 is 0 Å². The summed E-state index contributed by atoms with van der Waals surface area (Å²) in [7, 11) is 7.47. The molecule has 0 aliphatic heterocycles. The summed E-state index contributed by atoms with van der Waals surface area (Å²) >= 11 is 2.33. The predicted octanol–water partition coefficient (Wildman–Crippen LogP) is 1.33. The fourth-order valence-electron chi connectivity index (χ4n) is 0.444. The molecule has 0 aliphatic carbocycles. The molecule has 2 atom stereocenters. The SMILES string of the molecule is [B]C(C)CC(I)NC. The number of alkyl halides is 1. The second-order valence-electron chi connectivity index (χ2n) is 1.97. The molecule has 8 heavy (non-hydrogen) atoms.